The lowest BCUT2D eigenvalue weighted by atomic mass is 10.1. The maximum atomic E-state index is 12.6. The number of hydrogen-bond donors (Lipinski definition) is 2. The number of ether oxygens (including phenoxy) is 1. The van der Waals surface area contributed by atoms with Crippen LogP contribution in [0, 0.1) is 20.8 Å². The van der Waals surface area contributed by atoms with Gasteiger partial charge in [-0.1, -0.05) is 54.1 Å². The highest BCUT2D eigenvalue weighted by atomic mass is 32.1. The second kappa shape index (κ2) is 10.0. The van der Waals surface area contributed by atoms with Crippen LogP contribution < -0.4 is 15.4 Å². The summed E-state index contributed by atoms with van der Waals surface area (Å²) in [6.07, 6.45) is 0.806. The number of benzene rings is 3. The fourth-order valence-electron chi connectivity index (χ4n) is 3.36. The van der Waals surface area contributed by atoms with Crippen molar-refractivity contribution >= 4 is 28.9 Å². The van der Waals surface area contributed by atoms with Gasteiger partial charge in [0.2, 0.25) is 0 Å². The van der Waals surface area contributed by atoms with Crippen LogP contribution >= 0.6 is 12.2 Å². The lowest BCUT2D eigenvalue weighted by Crippen LogP contribution is -2.34. The molecule has 0 heterocycles. The van der Waals surface area contributed by atoms with E-state index >= 15 is 0 Å². The largest absolute Gasteiger partial charge is 0.493 e. The van der Waals surface area contributed by atoms with E-state index in [0.29, 0.717) is 17.9 Å². The van der Waals surface area contributed by atoms with E-state index in [1.165, 1.54) is 11.1 Å². The van der Waals surface area contributed by atoms with Crippen molar-refractivity contribution in [2.75, 3.05) is 11.9 Å². The molecule has 3 aromatic rings. The van der Waals surface area contributed by atoms with E-state index in [9.17, 15) is 4.79 Å². The topological polar surface area (TPSA) is 50.4 Å². The number of hydrogen-bond acceptors (Lipinski definition) is 3. The summed E-state index contributed by atoms with van der Waals surface area (Å²) < 4.78 is 5.82. The summed E-state index contributed by atoms with van der Waals surface area (Å²) in [6.45, 7) is 6.63. The molecule has 0 aliphatic carbocycles. The Morgan fingerprint density at radius 3 is 2.33 bits per heavy atom. The minimum atomic E-state index is -0.275. The van der Waals surface area contributed by atoms with Crippen molar-refractivity contribution in [3.63, 3.8) is 0 Å². The monoisotopic (exact) mass is 418 g/mol. The Hall–Kier alpha value is -3.18. The van der Waals surface area contributed by atoms with Crippen molar-refractivity contribution in [1.82, 2.24) is 5.32 Å². The van der Waals surface area contributed by atoms with Crippen LogP contribution in [-0.4, -0.2) is 17.6 Å². The molecular formula is C25H26N2O2S. The predicted molar refractivity (Wildman–Crippen MR) is 126 cm³/mol. The molecule has 5 heteroatoms. The van der Waals surface area contributed by atoms with Crippen molar-refractivity contribution in [3.05, 3.63) is 94.5 Å². The molecule has 3 aromatic carbocycles. The van der Waals surface area contributed by atoms with Gasteiger partial charge >= 0.3 is 0 Å². The first-order valence-electron chi connectivity index (χ1n) is 9.89. The van der Waals surface area contributed by atoms with E-state index in [-0.39, 0.29) is 11.0 Å². The molecule has 2 N–H and O–H groups in total. The first kappa shape index (κ1) is 21.5. The molecule has 1 amide bonds. The van der Waals surface area contributed by atoms with E-state index in [1.54, 1.807) is 18.2 Å². The SMILES string of the molecule is Cc1cc(C)c(NC(=S)NC(=O)c2cccc(OCCc3ccccc3)c2)c(C)c1. The molecule has 154 valence electrons. The molecule has 0 radical (unpaired) electrons. The molecule has 0 fully saturated rings. The van der Waals surface area contributed by atoms with Crippen LogP contribution in [0.1, 0.15) is 32.6 Å². The fourth-order valence-corrected chi connectivity index (χ4v) is 3.55. The number of carbonyl (C=O) groups is 1. The van der Waals surface area contributed by atoms with E-state index < -0.39 is 0 Å². The predicted octanol–water partition coefficient (Wildman–Crippen LogP) is 5.36. The van der Waals surface area contributed by atoms with E-state index in [0.717, 1.165) is 23.2 Å². The molecule has 4 nitrogen and oxygen atoms in total. The highest BCUT2D eigenvalue weighted by Crippen LogP contribution is 2.22. The van der Waals surface area contributed by atoms with E-state index in [4.69, 9.17) is 17.0 Å². The number of aryl methyl sites for hydroxylation is 3. The zero-order chi connectivity index (χ0) is 21.5. The number of amides is 1. The standard InChI is InChI=1S/C25H26N2O2S/c1-17-14-18(2)23(19(3)15-17)26-25(30)27-24(28)21-10-7-11-22(16-21)29-13-12-20-8-5-4-6-9-20/h4-11,14-16H,12-13H2,1-3H3,(H2,26,27,28,30). The van der Waals surface area contributed by atoms with Gasteiger partial charge in [-0.05, 0) is 67.9 Å². The molecule has 0 aromatic heterocycles. The maximum absolute atomic E-state index is 12.6. The number of anilines is 1. The van der Waals surface area contributed by atoms with Crippen molar-refractivity contribution in [2.45, 2.75) is 27.2 Å². The van der Waals surface area contributed by atoms with Gasteiger partial charge in [-0.2, -0.15) is 0 Å². The average molecular weight is 419 g/mol. The van der Waals surface area contributed by atoms with E-state index in [1.807, 2.05) is 38.1 Å². The van der Waals surface area contributed by atoms with Gasteiger partial charge in [0.05, 0.1) is 6.61 Å². The normalized spacial score (nSPS) is 10.4. The van der Waals surface area contributed by atoms with Crippen LogP contribution in [0.5, 0.6) is 5.75 Å². The Labute approximate surface area is 183 Å². The zero-order valence-corrected chi connectivity index (χ0v) is 18.3. The second-order valence-corrected chi connectivity index (χ2v) is 7.70. The van der Waals surface area contributed by atoms with E-state index in [2.05, 4.69) is 41.8 Å². The summed E-state index contributed by atoms with van der Waals surface area (Å²) in [5.41, 5.74) is 5.98. The number of carbonyl (C=O) groups excluding carboxylic acids is 1. The average Bonchev–Trinajstić information content (AvgIpc) is 2.72. The van der Waals surface area contributed by atoms with Gasteiger partial charge in [-0.3, -0.25) is 10.1 Å². The van der Waals surface area contributed by atoms with Crippen molar-refractivity contribution in [3.8, 4) is 5.75 Å². The highest BCUT2D eigenvalue weighted by molar-refractivity contribution is 7.80. The Morgan fingerprint density at radius 2 is 1.63 bits per heavy atom. The van der Waals surface area contributed by atoms with Crippen LogP contribution in [0.3, 0.4) is 0 Å². The summed E-state index contributed by atoms with van der Waals surface area (Å²) in [7, 11) is 0. The Kier molecular flexibility index (Phi) is 7.20. The zero-order valence-electron chi connectivity index (χ0n) is 17.5. The summed E-state index contributed by atoms with van der Waals surface area (Å²) >= 11 is 5.35. The number of rotatable bonds is 6. The van der Waals surface area contributed by atoms with Gasteiger partial charge in [0.25, 0.3) is 5.91 Å². The lowest BCUT2D eigenvalue weighted by molar-refractivity contribution is 0.0977. The minimum absolute atomic E-state index is 0.269. The third-order valence-corrected chi connectivity index (χ3v) is 4.95. The quantitative estimate of drug-likeness (QED) is 0.529. The first-order chi connectivity index (χ1) is 14.4. The highest BCUT2D eigenvalue weighted by Gasteiger charge is 2.11. The Bertz CT molecular complexity index is 1030. The molecule has 0 aliphatic rings. The molecule has 0 saturated carbocycles. The third-order valence-electron chi connectivity index (χ3n) is 4.74. The minimum Gasteiger partial charge on any atom is -0.493 e. The van der Waals surface area contributed by atoms with Gasteiger partial charge in [0, 0.05) is 17.7 Å². The Morgan fingerprint density at radius 1 is 0.933 bits per heavy atom. The molecule has 0 unspecified atom stereocenters. The van der Waals surface area contributed by atoms with Crippen molar-refractivity contribution < 1.29 is 9.53 Å². The van der Waals surface area contributed by atoms with Crippen molar-refractivity contribution in [2.24, 2.45) is 0 Å². The molecule has 3 rings (SSSR count). The van der Waals surface area contributed by atoms with Gasteiger partial charge in [0.1, 0.15) is 5.75 Å². The summed E-state index contributed by atoms with van der Waals surface area (Å²) in [5.74, 6) is 0.381. The summed E-state index contributed by atoms with van der Waals surface area (Å²) in [5, 5.41) is 6.16. The molecule has 0 aliphatic heterocycles. The second-order valence-electron chi connectivity index (χ2n) is 7.29. The first-order valence-corrected chi connectivity index (χ1v) is 10.3. The molecule has 0 bridgehead atoms. The molecule has 0 atom stereocenters. The smallest absolute Gasteiger partial charge is 0.257 e. The van der Waals surface area contributed by atoms with Crippen LogP contribution in [0.15, 0.2) is 66.7 Å². The Balaban J connectivity index is 1.57. The number of nitrogens with one attached hydrogen (secondary N) is 2. The molecule has 0 saturated heterocycles. The van der Waals surface area contributed by atoms with Crippen molar-refractivity contribution in [1.29, 1.82) is 0 Å². The number of thiocarbonyl (C=S) groups is 1. The lowest BCUT2D eigenvalue weighted by Gasteiger charge is -2.15. The van der Waals surface area contributed by atoms with Gasteiger partial charge < -0.3 is 10.1 Å². The third kappa shape index (κ3) is 5.91. The molecule has 30 heavy (non-hydrogen) atoms. The van der Waals surface area contributed by atoms with Gasteiger partial charge in [-0.25, -0.2) is 0 Å². The van der Waals surface area contributed by atoms with Crippen LogP contribution in [0.4, 0.5) is 5.69 Å². The van der Waals surface area contributed by atoms with Gasteiger partial charge in [-0.15, -0.1) is 0 Å². The summed E-state index contributed by atoms with van der Waals surface area (Å²) in [6, 6.07) is 21.4. The summed E-state index contributed by atoms with van der Waals surface area (Å²) in [4.78, 5) is 12.6. The molecular weight excluding hydrogens is 392 g/mol. The van der Waals surface area contributed by atoms with Gasteiger partial charge in [0.15, 0.2) is 5.11 Å². The van der Waals surface area contributed by atoms with Crippen LogP contribution in [0.25, 0.3) is 0 Å². The maximum Gasteiger partial charge on any atom is 0.257 e. The fraction of sp³-hybridized carbons (Fsp3) is 0.200. The van der Waals surface area contributed by atoms with Crippen LogP contribution in [0.2, 0.25) is 0 Å². The molecule has 0 spiro atoms. The van der Waals surface area contributed by atoms with Crippen LogP contribution in [-0.2, 0) is 6.42 Å².